The van der Waals surface area contributed by atoms with E-state index in [2.05, 4.69) is 26.1 Å². The molecule has 0 unspecified atom stereocenters. The summed E-state index contributed by atoms with van der Waals surface area (Å²) in [6.07, 6.45) is 2.82. The van der Waals surface area contributed by atoms with Crippen LogP contribution in [-0.4, -0.2) is 23.0 Å². The Hall–Kier alpha value is -2.94. The minimum atomic E-state index is -0.552. The number of benzene rings is 1. The SMILES string of the molecule is COC(=O)c1cncc(Nc2cc(C#N)ccc2C)n1. The van der Waals surface area contributed by atoms with Crippen LogP contribution >= 0.6 is 0 Å². The smallest absolute Gasteiger partial charge is 0.358 e. The van der Waals surface area contributed by atoms with Crippen LogP contribution in [0.1, 0.15) is 21.6 Å². The van der Waals surface area contributed by atoms with Gasteiger partial charge in [0.05, 0.1) is 31.1 Å². The van der Waals surface area contributed by atoms with Crippen molar-refractivity contribution >= 4 is 17.5 Å². The lowest BCUT2D eigenvalue weighted by molar-refractivity contribution is 0.0593. The van der Waals surface area contributed by atoms with Crippen LogP contribution < -0.4 is 5.32 Å². The second-order valence-corrected chi connectivity index (χ2v) is 4.05. The first kappa shape index (κ1) is 13.5. The van der Waals surface area contributed by atoms with Gasteiger partial charge in [0.25, 0.3) is 0 Å². The zero-order valence-electron chi connectivity index (χ0n) is 11.0. The normalized spacial score (nSPS) is 9.65. The Labute approximate surface area is 116 Å². The summed E-state index contributed by atoms with van der Waals surface area (Å²) < 4.78 is 4.59. The molecule has 0 aliphatic rings. The molecule has 0 saturated heterocycles. The monoisotopic (exact) mass is 268 g/mol. The van der Waals surface area contributed by atoms with E-state index in [1.165, 1.54) is 19.5 Å². The number of rotatable bonds is 3. The predicted octanol–water partition coefficient (Wildman–Crippen LogP) is 2.19. The van der Waals surface area contributed by atoms with E-state index in [1.807, 2.05) is 13.0 Å². The molecule has 6 nitrogen and oxygen atoms in total. The first-order valence-corrected chi connectivity index (χ1v) is 5.82. The number of hydrogen-bond acceptors (Lipinski definition) is 6. The maximum absolute atomic E-state index is 11.4. The Kier molecular flexibility index (Phi) is 3.91. The van der Waals surface area contributed by atoms with Crippen LogP contribution in [0.25, 0.3) is 0 Å². The highest BCUT2D eigenvalue weighted by molar-refractivity contribution is 5.87. The molecule has 0 bridgehead atoms. The van der Waals surface area contributed by atoms with Gasteiger partial charge in [0.1, 0.15) is 5.82 Å². The Morgan fingerprint density at radius 1 is 1.40 bits per heavy atom. The van der Waals surface area contributed by atoms with Gasteiger partial charge in [-0.15, -0.1) is 0 Å². The molecule has 20 heavy (non-hydrogen) atoms. The molecule has 0 aliphatic carbocycles. The number of hydrogen-bond donors (Lipinski definition) is 1. The van der Waals surface area contributed by atoms with E-state index < -0.39 is 5.97 Å². The summed E-state index contributed by atoms with van der Waals surface area (Å²) in [6, 6.07) is 7.34. The Balaban J connectivity index is 2.31. The van der Waals surface area contributed by atoms with Gasteiger partial charge in [-0.25, -0.2) is 9.78 Å². The van der Waals surface area contributed by atoms with Crippen molar-refractivity contribution in [2.45, 2.75) is 6.92 Å². The van der Waals surface area contributed by atoms with Gasteiger partial charge in [0.2, 0.25) is 0 Å². The van der Waals surface area contributed by atoms with Crippen molar-refractivity contribution < 1.29 is 9.53 Å². The van der Waals surface area contributed by atoms with Gasteiger partial charge in [-0.05, 0) is 24.6 Å². The number of anilines is 2. The Bertz CT molecular complexity index is 692. The fraction of sp³-hybridized carbons (Fsp3) is 0.143. The fourth-order valence-electron chi connectivity index (χ4n) is 1.59. The number of aromatic nitrogens is 2. The minimum Gasteiger partial charge on any atom is -0.464 e. The zero-order chi connectivity index (χ0) is 14.5. The van der Waals surface area contributed by atoms with Crippen molar-refractivity contribution in [3.8, 4) is 6.07 Å². The number of nitriles is 1. The topological polar surface area (TPSA) is 87.9 Å². The van der Waals surface area contributed by atoms with Crippen molar-refractivity contribution in [3.05, 3.63) is 47.4 Å². The summed E-state index contributed by atoms with van der Waals surface area (Å²) in [7, 11) is 1.28. The Morgan fingerprint density at radius 3 is 2.90 bits per heavy atom. The molecule has 0 aliphatic heterocycles. The van der Waals surface area contributed by atoms with E-state index in [-0.39, 0.29) is 5.69 Å². The van der Waals surface area contributed by atoms with E-state index in [0.717, 1.165) is 11.3 Å². The summed E-state index contributed by atoms with van der Waals surface area (Å²) in [6.45, 7) is 1.90. The van der Waals surface area contributed by atoms with Crippen LogP contribution in [0.3, 0.4) is 0 Å². The molecule has 0 radical (unpaired) electrons. The van der Waals surface area contributed by atoms with Gasteiger partial charge in [0, 0.05) is 5.69 Å². The number of carbonyl (C=O) groups excluding carboxylic acids is 1. The summed E-state index contributed by atoms with van der Waals surface area (Å²) in [5, 5.41) is 11.9. The number of methoxy groups -OCH3 is 1. The lowest BCUT2D eigenvalue weighted by atomic mass is 10.1. The standard InChI is InChI=1S/C14H12N4O2/c1-9-3-4-10(6-15)5-11(9)17-13-8-16-7-12(18-13)14(19)20-2/h3-5,7-8H,1-2H3,(H,17,18). The van der Waals surface area contributed by atoms with Crippen molar-refractivity contribution in [2.75, 3.05) is 12.4 Å². The largest absolute Gasteiger partial charge is 0.464 e. The quantitative estimate of drug-likeness (QED) is 0.858. The zero-order valence-corrected chi connectivity index (χ0v) is 11.0. The number of aryl methyl sites for hydroxylation is 1. The van der Waals surface area contributed by atoms with Gasteiger partial charge in [-0.1, -0.05) is 6.07 Å². The molecular formula is C14H12N4O2. The lowest BCUT2D eigenvalue weighted by Gasteiger charge is -2.09. The minimum absolute atomic E-state index is 0.117. The molecule has 2 rings (SSSR count). The van der Waals surface area contributed by atoms with Gasteiger partial charge in [0.15, 0.2) is 5.69 Å². The molecule has 6 heteroatoms. The molecule has 0 spiro atoms. The highest BCUT2D eigenvalue weighted by Crippen LogP contribution is 2.20. The summed E-state index contributed by atoms with van der Waals surface area (Å²) in [4.78, 5) is 19.4. The van der Waals surface area contributed by atoms with E-state index in [4.69, 9.17) is 5.26 Å². The molecule has 1 aromatic carbocycles. The third kappa shape index (κ3) is 2.90. The molecule has 1 heterocycles. The van der Waals surface area contributed by atoms with Crippen molar-refractivity contribution in [2.24, 2.45) is 0 Å². The van der Waals surface area contributed by atoms with E-state index >= 15 is 0 Å². The van der Waals surface area contributed by atoms with Gasteiger partial charge >= 0.3 is 5.97 Å². The van der Waals surface area contributed by atoms with Crippen LogP contribution in [0, 0.1) is 18.3 Å². The van der Waals surface area contributed by atoms with Gasteiger partial charge in [-0.2, -0.15) is 5.26 Å². The maximum Gasteiger partial charge on any atom is 0.358 e. The number of nitrogens with zero attached hydrogens (tertiary/aromatic N) is 3. The number of carbonyl (C=O) groups is 1. The molecular weight excluding hydrogens is 256 g/mol. The Morgan fingerprint density at radius 2 is 2.20 bits per heavy atom. The van der Waals surface area contributed by atoms with Crippen LogP contribution in [0.5, 0.6) is 0 Å². The molecule has 0 amide bonds. The second kappa shape index (κ2) is 5.80. The van der Waals surface area contributed by atoms with Crippen molar-refractivity contribution in [1.82, 2.24) is 9.97 Å². The van der Waals surface area contributed by atoms with Crippen LogP contribution in [0.2, 0.25) is 0 Å². The highest BCUT2D eigenvalue weighted by atomic mass is 16.5. The number of nitrogens with one attached hydrogen (secondary N) is 1. The van der Waals surface area contributed by atoms with Gasteiger partial charge < -0.3 is 10.1 Å². The maximum atomic E-state index is 11.4. The second-order valence-electron chi connectivity index (χ2n) is 4.05. The molecule has 1 N–H and O–H groups in total. The third-order valence-corrected chi connectivity index (χ3v) is 2.66. The van der Waals surface area contributed by atoms with E-state index in [9.17, 15) is 4.79 Å². The third-order valence-electron chi connectivity index (χ3n) is 2.66. The number of esters is 1. The summed E-state index contributed by atoms with van der Waals surface area (Å²) in [5.41, 5.74) is 2.34. The van der Waals surface area contributed by atoms with Crippen molar-refractivity contribution in [1.29, 1.82) is 5.26 Å². The first-order chi connectivity index (χ1) is 9.63. The molecule has 2 aromatic rings. The first-order valence-electron chi connectivity index (χ1n) is 5.82. The summed E-state index contributed by atoms with van der Waals surface area (Å²) >= 11 is 0. The van der Waals surface area contributed by atoms with E-state index in [0.29, 0.717) is 11.4 Å². The van der Waals surface area contributed by atoms with Crippen LogP contribution in [0.15, 0.2) is 30.6 Å². The predicted molar refractivity (Wildman–Crippen MR) is 72.5 cm³/mol. The van der Waals surface area contributed by atoms with Crippen molar-refractivity contribution in [3.63, 3.8) is 0 Å². The molecule has 0 atom stereocenters. The summed E-state index contributed by atoms with van der Waals surface area (Å²) in [5.74, 6) is -0.144. The fourth-order valence-corrected chi connectivity index (χ4v) is 1.59. The number of ether oxygens (including phenoxy) is 1. The van der Waals surface area contributed by atoms with E-state index in [1.54, 1.807) is 12.1 Å². The molecule has 0 saturated carbocycles. The molecule has 0 fully saturated rings. The highest BCUT2D eigenvalue weighted by Gasteiger charge is 2.09. The van der Waals surface area contributed by atoms with Crippen LogP contribution in [0.4, 0.5) is 11.5 Å². The van der Waals surface area contributed by atoms with Gasteiger partial charge in [-0.3, -0.25) is 4.98 Å². The average molecular weight is 268 g/mol. The molecule has 1 aromatic heterocycles. The molecule has 100 valence electrons. The lowest BCUT2D eigenvalue weighted by Crippen LogP contribution is -2.07. The average Bonchev–Trinajstić information content (AvgIpc) is 2.49. The van der Waals surface area contributed by atoms with Crippen LogP contribution in [-0.2, 0) is 4.74 Å².